The number of rotatable bonds is 3. The Hall–Kier alpha value is -5.74. The van der Waals surface area contributed by atoms with E-state index in [1.807, 2.05) is 0 Å². The van der Waals surface area contributed by atoms with Crippen molar-refractivity contribution in [1.82, 2.24) is 15.0 Å². The number of halogens is 1. The minimum atomic E-state index is -0.296. The van der Waals surface area contributed by atoms with E-state index in [4.69, 9.17) is 15.0 Å². The average molecular weight is 566 g/mol. The molecule has 0 fully saturated rings. The van der Waals surface area contributed by atoms with Crippen molar-refractivity contribution in [1.29, 1.82) is 0 Å². The van der Waals surface area contributed by atoms with Crippen LogP contribution in [0.5, 0.6) is 0 Å². The van der Waals surface area contributed by atoms with Crippen molar-refractivity contribution < 1.29 is 4.39 Å². The van der Waals surface area contributed by atoms with Crippen molar-refractivity contribution in [2.24, 2.45) is 0 Å². The lowest BCUT2D eigenvalue weighted by Crippen LogP contribution is -2.02. The monoisotopic (exact) mass is 565 g/mol. The molecule has 0 amide bonds. The van der Waals surface area contributed by atoms with Crippen LogP contribution in [0.25, 0.3) is 77.6 Å². The second-order valence-corrected chi connectivity index (χ2v) is 11.3. The molecule has 3 nitrogen and oxygen atoms in total. The highest BCUT2D eigenvalue weighted by atomic mass is 19.1. The molecule has 1 aromatic heterocycles. The quantitative estimate of drug-likeness (QED) is 0.200. The van der Waals surface area contributed by atoms with Gasteiger partial charge in [0, 0.05) is 16.7 Å². The summed E-state index contributed by atoms with van der Waals surface area (Å²) in [6.07, 6.45) is 0.823. The van der Waals surface area contributed by atoms with Crippen LogP contribution in [0.4, 0.5) is 4.39 Å². The van der Waals surface area contributed by atoms with Crippen LogP contribution in [-0.2, 0) is 6.42 Å². The van der Waals surface area contributed by atoms with Gasteiger partial charge in [0.05, 0.1) is 0 Å². The fourth-order valence-electron chi connectivity index (χ4n) is 6.77. The van der Waals surface area contributed by atoms with Crippen molar-refractivity contribution in [3.63, 3.8) is 0 Å². The molecular formula is C40H24FN3. The molecule has 1 heterocycles. The molecule has 7 aromatic carbocycles. The molecule has 0 bridgehead atoms. The minimum absolute atomic E-state index is 0.296. The lowest BCUT2D eigenvalue weighted by atomic mass is 9.93. The second-order valence-electron chi connectivity index (χ2n) is 11.3. The summed E-state index contributed by atoms with van der Waals surface area (Å²) in [5.74, 6) is 1.42. The first kappa shape index (κ1) is 24.8. The molecule has 44 heavy (non-hydrogen) atoms. The summed E-state index contributed by atoms with van der Waals surface area (Å²) in [4.78, 5) is 15.1. The lowest BCUT2D eigenvalue weighted by Gasteiger charge is -2.13. The first-order chi connectivity index (χ1) is 21.7. The normalized spacial score (nSPS) is 12.1. The largest absolute Gasteiger partial charge is 0.208 e. The van der Waals surface area contributed by atoms with E-state index < -0.39 is 0 Å². The maximum absolute atomic E-state index is 13.9. The van der Waals surface area contributed by atoms with Crippen molar-refractivity contribution in [3.8, 4) is 45.3 Å². The van der Waals surface area contributed by atoms with Crippen LogP contribution in [-0.4, -0.2) is 15.0 Å². The van der Waals surface area contributed by atoms with Gasteiger partial charge in [-0.05, 0) is 91.3 Å². The molecule has 0 aliphatic heterocycles. The van der Waals surface area contributed by atoms with Crippen molar-refractivity contribution >= 4 is 32.3 Å². The Kier molecular flexibility index (Phi) is 5.44. The van der Waals surface area contributed by atoms with Gasteiger partial charge >= 0.3 is 0 Å². The third-order valence-corrected chi connectivity index (χ3v) is 8.83. The summed E-state index contributed by atoms with van der Waals surface area (Å²) in [5, 5.41) is 7.21. The molecule has 4 heteroatoms. The molecular weight excluding hydrogens is 541 g/mol. The van der Waals surface area contributed by atoms with Crippen LogP contribution in [0, 0.1) is 5.82 Å². The third-order valence-electron chi connectivity index (χ3n) is 8.83. The molecule has 0 radical (unpaired) electrons. The highest BCUT2D eigenvalue weighted by Gasteiger charge is 2.23. The second kappa shape index (κ2) is 9.65. The zero-order valence-electron chi connectivity index (χ0n) is 23.6. The minimum Gasteiger partial charge on any atom is -0.208 e. The van der Waals surface area contributed by atoms with Crippen LogP contribution >= 0.6 is 0 Å². The molecule has 1 aliphatic carbocycles. The number of nitrogens with zero attached hydrogens (tertiary/aromatic N) is 3. The van der Waals surface area contributed by atoms with Crippen molar-refractivity contribution in [2.75, 3.05) is 0 Å². The maximum Gasteiger partial charge on any atom is 0.164 e. The summed E-state index contributed by atoms with van der Waals surface area (Å²) in [6.45, 7) is 0. The summed E-state index contributed by atoms with van der Waals surface area (Å²) < 4.78 is 13.9. The first-order valence-corrected chi connectivity index (χ1v) is 14.8. The van der Waals surface area contributed by atoms with Gasteiger partial charge in [-0.1, -0.05) is 103 Å². The standard InChI is InChI=1S/C40H24FN3/c41-27-19-16-24(17-20-27)38-42-39(44-40(43-38)35-15-7-14-29-28-9-2-1-8-25(28)22-37(29)35)26-18-21-34-32-12-4-3-10-30(32)31-11-5-6-13-33(31)36(34)23-26/h1-21,23H,22H2. The molecule has 0 N–H and O–H groups in total. The van der Waals surface area contributed by atoms with Crippen molar-refractivity contribution in [3.05, 3.63) is 150 Å². The van der Waals surface area contributed by atoms with Crippen LogP contribution in [0.2, 0.25) is 0 Å². The Bertz CT molecular complexity index is 2390. The zero-order chi connectivity index (χ0) is 29.2. The van der Waals surface area contributed by atoms with E-state index in [0.717, 1.165) is 28.5 Å². The highest BCUT2D eigenvalue weighted by molar-refractivity contribution is 6.25. The molecule has 0 atom stereocenters. The van der Waals surface area contributed by atoms with Gasteiger partial charge in [0.15, 0.2) is 17.5 Å². The maximum atomic E-state index is 13.9. The molecule has 0 saturated carbocycles. The first-order valence-electron chi connectivity index (χ1n) is 14.8. The number of fused-ring (bicyclic) bond motifs is 9. The van der Waals surface area contributed by atoms with E-state index in [1.54, 1.807) is 12.1 Å². The molecule has 0 saturated heterocycles. The summed E-state index contributed by atoms with van der Waals surface area (Å²) in [5.41, 5.74) is 7.62. The van der Waals surface area contributed by atoms with Gasteiger partial charge in [-0.15, -0.1) is 0 Å². The molecule has 9 rings (SSSR count). The topological polar surface area (TPSA) is 38.7 Å². The number of aromatic nitrogens is 3. The Morgan fingerprint density at radius 1 is 0.409 bits per heavy atom. The van der Waals surface area contributed by atoms with Gasteiger partial charge in [-0.2, -0.15) is 0 Å². The summed E-state index contributed by atoms with van der Waals surface area (Å²) in [6, 6.07) is 44.8. The molecule has 0 unspecified atom stereocenters. The fraction of sp³-hybridized carbons (Fsp3) is 0.0250. The predicted octanol–water partition coefficient (Wildman–Crippen LogP) is 10.0. The van der Waals surface area contributed by atoms with Gasteiger partial charge in [0.1, 0.15) is 5.82 Å². The predicted molar refractivity (Wildman–Crippen MR) is 177 cm³/mol. The summed E-state index contributed by atoms with van der Waals surface area (Å²) >= 11 is 0. The van der Waals surface area contributed by atoms with Crippen LogP contribution in [0.1, 0.15) is 11.1 Å². The Morgan fingerprint density at radius 2 is 0.932 bits per heavy atom. The van der Waals surface area contributed by atoms with Gasteiger partial charge < -0.3 is 0 Å². The van der Waals surface area contributed by atoms with Gasteiger partial charge in [0.25, 0.3) is 0 Å². The Labute approximate surface area is 253 Å². The van der Waals surface area contributed by atoms with E-state index in [1.165, 1.54) is 61.3 Å². The van der Waals surface area contributed by atoms with Crippen LogP contribution in [0.3, 0.4) is 0 Å². The molecule has 8 aromatic rings. The number of hydrogen-bond donors (Lipinski definition) is 0. The van der Waals surface area contributed by atoms with Gasteiger partial charge in [-0.25, -0.2) is 19.3 Å². The van der Waals surface area contributed by atoms with E-state index >= 15 is 0 Å². The van der Waals surface area contributed by atoms with E-state index in [0.29, 0.717) is 17.5 Å². The fourth-order valence-corrected chi connectivity index (χ4v) is 6.77. The molecule has 1 aliphatic rings. The lowest BCUT2D eigenvalue weighted by molar-refractivity contribution is 0.628. The summed E-state index contributed by atoms with van der Waals surface area (Å²) in [7, 11) is 0. The number of hydrogen-bond acceptors (Lipinski definition) is 3. The van der Waals surface area contributed by atoms with Crippen molar-refractivity contribution in [2.45, 2.75) is 6.42 Å². The van der Waals surface area contributed by atoms with Crippen LogP contribution < -0.4 is 0 Å². The highest BCUT2D eigenvalue weighted by Crippen LogP contribution is 2.42. The molecule has 0 spiro atoms. The van der Waals surface area contributed by atoms with E-state index in [2.05, 4.69) is 109 Å². The SMILES string of the molecule is Fc1ccc(-c2nc(-c3ccc4c5ccccc5c5ccccc5c4c3)nc(-c3cccc4c3Cc3ccccc3-4)n2)cc1. The van der Waals surface area contributed by atoms with Gasteiger partial charge in [0.2, 0.25) is 0 Å². The third kappa shape index (κ3) is 3.85. The smallest absolute Gasteiger partial charge is 0.164 e. The van der Waals surface area contributed by atoms with Gasteiger partial charge in [-0.3, -0.25) is 0 Å². The van der Waals surface area contributed by atoms with E-state index in [-0.39, 0.29) is 5.82 Å². The number of benzene rings is 7. The van der Waals surface area contributed by atoms with Crippen LogP contribution in [0.15, 0.2) is 133 Å². The van der Waals surface area contributed by atoms with E-state index in [9.17, 15) is 4.39 Å². The Morgan fingerprint density at radius 3 is 1.66 bits per heavy atom. The Balaban J connectivity index is 1.29. The zero-order valence-corrected chi connectivity index (χ0v) is 23.6. The average Bonchev–Trinajstić information content (AvgIpc) is 3.47. The molecule has 206 valence electrons.